The third-order valence-electron chi connectivity index (χ3n) is 5.00. The number of sulfonamides is 1. The van der Waals surface area contributed by atoms with Crippen molar-refractivity contribution in [2.45, 2.75) is 18.0 Å². The van der Waals surface area contributed by atoms with Crippen molar-refractivity contribution < 1.29 is 31.1 Å². The minimum Gasteiger partial charge on any atom is -0.711 e. The predicted octanol–water partition coefficient (Wildman–Crippen LogP) is 4.21. The van der Waals surface area contributed by atoms with Gasteiger partial charge < -0.3 is 5.21 Å². The molecule has 0 saturated carbocycles. The van der Waals surface area contributed by atoms with E-state index in [0.717, 1.165) is 30.6 Å². The molecule has 13 heteroatoms. The Kier molecular flexibility index (Phi) is 5.74. The van der Waals surface area contributed by atoms with E-state index in [1.165, 1.54) is 25.3 Å². The fourth-order valence-electron chi connectivity index (χ4n) is 3.37. The van der Waals surface area contributed by atoms with Crippen LogP contribution in [0.15, 0.2) is 59.9 Å². The largest absolute Gasteiger partial charge is 0.711 e. The Balaban J connectivity index is 1.78. The molecule has 2 N–H and O–H groups in total. The van der Waals surface area contributed by atoms with Crippen molar-refractivity contribution >= 4 is 44.1 Å². The number of halogens is 4. The molecule has 3 aromatic heterocycles. The molecule has 8 nitrogen and oxygen atoms in total. The van der Waals surface area contributed by atoms with Crippen molar-refractivity contribution in [3.8, 4) is 0 Å². The molecular weight excluding hydrogens is 497 g/mol. The van der Waals surface area contributed by atoms with Crippen LogP contribution in [0, 0.1) is 12.1 Å². The number of rotatable bonds is 5. The molecule has 0 atom stereocenters. The lowest BCUT2D eigenvalue weighted by Gasteiger charge is -2.15. The molecule has 0 bridgehead atoms. The standard InChI is InChI=1S/C21H14ClF3N4O4S/c1-11-2-3-13(9-16(11)21(23,24)25)34(32,33)28-17-8-12(22)10-27-18(17)19(30)14-5-7-29(31)20-15(14)4-6-26-20/h2-10,26,28H,1H3. The van der Waals surface area contributed by atoms with Gasteiger partial charge in [0, 0.05) is 11.8 Å². The normalized spacial score (nSPS) is 12.1. The van der Waals surface area contributed by atoms with E-state index < -0.39 is 32.4 Å². The maximum absolute atomic E-state index is 13.3. The molecule has 0 spiro atoms. The van der Waals surface area contributed by atoms with Crippen LogP contribution >= 0.6 is 11.6 Å². The topological polar surface area (TPSA) is 119 Å². The molecule has 0 amide bonds. The Bertz CT molecular complexity index is 1550. The number of H-pyrrole nitrogens is 1. The van der Waals surface area contributed by atoms with E-state index in [9.17, 15) is 31.6 Å². The van der Waals surface area contributed by atoms with E-state index in [4.69, 9.17) is 11.6 Å². The van der Waals surface area contributed by atoms with Gasteiger partial charge in [-0.1, -0.05) is 17.7 Å². The van der Waals surface area contributed by atoms with Gasteiger partial charge in [0.2, 0.25) is 5.78 Å². The van der Waals surface area contributed by atoms with Crippen LogP contribution in [0.5, 0.6) is 0 Å². The molecule has 0 fully saturated rings. The highest BCUT2D eigenvalue weighted by atomic mass is 35.5. The number of aromatic amines is 1. The fraction of sp³-hybridized carbons (Fsp3) is 0.0952. The first-order chi connectivity index (χ1) is 15.9. The van der Waals surface area contributed by atoms with Gasteiger partial charge in [0.25, 0.3) is 15.7 Å². The lowest BCUT2D eigenvalue weighted by atomic mass is 10.0. The molecule has 0 aliphatic heterocycles. The van der Waals surface area contributed by atoms with Crippen molar-refractivity contribution in [3.63, 3.8) is 0 Å². The van der Waals surface area contributed by atoms with Crippen LogP contribution in [-0.2, 0) is 16.2 Å². The monoisotopic (exact) mass is 510 g/mol. The molecule has 1 aromatic carbocycles. The average Bonchev–Trinajstić information content (AvgIpc) is 3.23. The number of nitrogens with one attached hydrogen (secondary N) is 2. The van der Waals surface area contributed by atoms with Gasteiger partial charge >= 0.3 is 6.18 Å². The van der Waals surface area contributed by atoms with Crippen LogP contribution < -0.4 is 9.45 Å². The van der Waals surface area contributed by atoms with Crippen molar-refractivity contribution in [1.29, 1.82) is 0 Å². The van der Waals surface area contributed by atoms with Crippen molar-refractivity contribution in [2.75, 3.05) is 4.72 Å². The third-order valence-corrected chi connectivity index (χ3v) is 6.57. The summed E-state index contributed by atoms with van der Waals surface area (Å²) in [7, 11) is -4.57. The van der Waals surface area contributed by atoms with E-state index in [-0.39, 0.29) is 38.6 Å². The first-order valence-corrected chi connectivity index (χ1v) is 11.3. The minimum absolute atomic E-state index is 0.0219. The summed E-state index contributed by atoms with van der Waals surface area (Å²) >= 11 is 5.94. The van der Waals surface area contributed by atoms with Crippen LogP contribution in [0.4, 0.5) is 18.9 Å². The number of anilines is 1. The molecule has 0 saturated heterocycles. The van der Waals surface area contributed by atoms with Gasteiger partial charge in [-0.3, -0.25) is 9.52 Å². The van der Waals surface area contributed by atoms with Crippen LogP contribution in [0.1, 0.15) is 27.2 Å². The van der Waals surface area contributed by atoms with Gasteiger partial charge in [0.05, 0.1) is 38.9 Å². The Morgan fingerprint density at radius 2 is 1.94 bits per heavy atom. The van der Waals surface area contributed by atoms with Gasteiger partial charge in [-0.15, -0.1) is 0 Å². The molecule has 0 unspecified atom stereocenters. The van der Waals surface area contributed by atoms with Crippen LogP contribution in [0.3, 0.4) is 0 Å². The number of ketones is 1. The predicted molar refractivity (Wildman–Crippen MR) is 117 cm³/mol. The van der Waals surface area contributed by atoms with Crippen molar-refractivity contribution in [1.82, 2.24) is 9.97 Å². The fourth-order valence-corrected chi connectivity index (χ4v) is 4.61. The number of aryl methyl sites for hydroxylation is 1. The zero-order valence-electron chi connectivity index (χ0n) is 17.1. The summed E-state index contributed by atoms with van der Waals surface area (Å²) in [6.07, 6.45) is -1.10. The second-order valence-corrected chi connectivity index (χ2v) is 9.37. The summed E-state index contributed by atoms with van der Waals surface area (Å²) in [5.74, 6) is -0.737. The lowest BCUT2D eigenvalue weighted by Crippen LogP contribution is -2.27. The summed E-state index contributed by atoms with van der Waals surface area (Å²) in [6.45, 7) is 1.21. The first-order valence-electron chi connectivity index (χ1n) is 9.48. The van der Waals surface area contributed by atoms with Crippen LogP contribution in [-0.4, -0.2) is 24.2 Å². The molecule has 176 valence electrons. The highest BCUT2D eigenvalue weighted by Gasteiger charge is 2.34. The Morgan fingerprint density at radius 1 is 1.21 bits per heavy atom. The number of carbonyl (C=O) groups is 1. The van der Waals surface area contributed by atoms with E-state index in [0.29, 0.717) is 10.8 Å². The highest BCUT2D eigenvalue weighted by molar-refractivity contribution is 7.92. The molecule has 0 aliphatic rings. The summed E-state index contributed by atoms with van der Waals surface area (Å²) in [4.78, 5) is 19.2. The summed E-state index contributed by atoms with van der Waals surface area (Å²) in [6, 6.07) is 6.40. The smallest absolute Gasteiger partial charge is 0.416 e. The summed E-state index contributed by atoms with van der Waals surface area (Å²) in [5, 5.41) is 12.1. The Morgan fingerprint density at radius 3 is 2.65 bits per heavy atom. The molecule has 0 aliphatic carbocycles. The number of benzene rings is 1. The molecule has 4 aromatic rings. The van der Waals surface area contributed by atoms with E-state index >= 15 is 0 Å². The Labute approximate surface area is 195 Å². The van der Waals surface area contributed by atoms with Gasteiger partial charge in [0.15, 0.2) is 0 Å². The van der Waals surface area contributed by atoms with Crippen LogP contribution in [0.25, 0.3) is 11.0 Å². The van der Waals surface area contributed by atoms with E-state index in [1.807, 2.05) is 0 Å². The molecule has 0 radical (unpaired) electrons. The number of alkyl halides is 3. The quantitative estimate of drug-likeness (QED) is 0.237. The van der Waals surface area contributed by atoms with Gasteiger partial charge in [-0.25, -0.2) is 23.1 Å². The number of pyridine rings is 2. The highest BCUT2D eigenvalue weighted by Crippen LogP contribution is 2.34. The molecule has 4 rings (SSSR count). The Hall–Kier alpha value is -3.64. The zero-order valence-corrected chi connectivity index (χ0v) is 18.7. The number of aromatic nitrogens is 3. The number of fused-ring (bicyclic) bond motifs is 1. The van der Waals surface area contributed by atoms with Crippen molar-refractivity contribution in [2.24, 2.45) is 0 Å². The van der Waals surface area contributed by atoms with Crippen molar-refractivity contribution in [3.05, 3.63) is 87.6 Å². The second-order valence-electron chi connectivity index (χ2n) is 7.25. The zero-order chi connectivity index (χ0) is 24.8. The minimum atomic E-state index is -4.76. The second kappa shape index (κ2) is 8.29. The lowest BCUT2D eigenvalue weighted by molar-refractivity contribution is -0.579. The number of carbonyl (C=O) groups excluding carboxylic acids is 1. The average molecular weight is 511 g/mol. The summed E-state index contributed by atoms with van der Waals surface area (Å²) < 4.78 is 68.3. The van der Waals surface area contributed by atoms with Gasteiger partial charge in [-0.05, 0) is 42.8 Å². The molecule has 34 heavy (non-hydrogen) atoms. The first kappa shape index (κ1) is 23.5. The molecular formula is C21H14ClF3N4O4S. The van der Waals surface area contributed by atoms with Gasteiger partial charge in [-0.2, -0.15) is 13.2 Å². The van der Waals surface area contributed by atoms with E-state index in [2.05, 4.69) is 14.7 Å². The number of hydrogen-bond donors (Lipinski definition) is 2. The number of nitrogens with zero attached hydrogens (tertiary/aromatic N) is 2. The third kappa shape index (κ3) is 4.29. The number of hydrogen-bond acceptors (Lipinski definition) is 5. The van der Waals surface area contributed by atoms with E-state index in [1.54, 1.807) is 0 Å². The maximum atomic E-state index is 13.3. The maximum Gasteiger partial charge on any atom is 0.416 e. The molecule has 3 heterocycles. The summed E-state index contributed by atoms with van der Waals surface area (Å²) in [5.41, 5.74) is -1.81. The van der Waals surface area contributed by atoms with Crippen LogP contribution in [0.2, 0.25) is 5.02 Å². The van der Waals surface area contributed by atoms with Gasteiger partial charge in [0.1, 0.15) is 5.69 Å². The SMILES string of the molecule is Cc1ccc(S(=O)(=O)Nc2cc(Cl)cnc2C(=O)c2cc[n+]([O-])c3[nH]ccc23)cc1C(F)(F)F.